The number of nitrogens with zero attached hydrogens (tertiary/aromatic N) is 2. The number of carbonyl (C=O) groups excluding carboxylic acids is 1. The number of likely N-dealkylation sites (N-methyl/N-ethyl adjacent to an activating group) is 1. The zero-order valence-corrected chi connectivity index (χ0v) is 14.2. The van der Waals surface area contributed by atoms with E-state index >= 15 is 0 Å². The van der Waals surface area contributed by atoms with Crippen LogP contribution in [0.25, 0.3) is 0 Å². The fraction of sp³-hybridized carbons (Fsp3) is 0.611. The van der Waals surface area contributed by atoms with E-state index in [1.54, 1.807) is 11.9 Å². The van der Waals surface area contributed by atoms with Crippen LogP contribution in [0.2, 0.25) is 0 Å². The van der Waals surface area contributed by atoms with Gasteiger partial charge in [-0.15, -0.1) is 0 Å². The van der Waals surface area contributed by atoms with E-state index in [2.05, 4.69) is 30.9 Å². The average molecular weight is 318 g/mol. The lowest BCUT2D eigenvalue weighted by atomic mass is 9.90. The minimum absolute atomic E-state index is 0.134. The lowest BCUT2D eigenvalue weighted by molar-refractivity contribution is -0.160. The molecule has 2 heterocycles. The van der Waals surface area contributed by atoms with Gasteiger partial charge in [-0.05, 0) is 37.8 Å². The van der Waals surface area contributed by atoms with Crippen molar-refractivity contribution < 1.29 is 14.6 Å². The average Bonchev–Trinajstić information content (AvgIpc) is 2.46. The Bertz CT molecular complexity index is 578. The summed E-state index contributed by atoms with van der Waals surface area (Å²) in [4.78, 5) is 15.9. The van der Waals surface area contributed by atoms with Gasteiger partial charge in [0.05, 0.1) is 0 Å². The number of ether oxygens (including phenoxy) is 1. The first-order valence-electron chi connectivity index (χ1n) is 8.32. The molecule has 2 aliphatic heterocycles. The number of carbonyl (C=O) groups is 1. The molecule has 5 heteroatoms. The van der Waals surface area contributed by atoms with Gasteiger partial charge in [0.2, 0.25) is 0 Å². The maximum atomic E-state index is 12.2. The highest BCUT2D eigenvalue weighted by atomic mass is 16.5. The van der Waals surface area contributed by atoms with Crippen LogP contribution in [0.3, 0.4) is 0 Å². The molecule has 1 aromatic rings. The molecule has 1 unspecified atom stereocenters. The van der Waals surface area contributed by atoms with Crippen LogP contribution < -0.4 is 4.74 Å². The molecule has 0 saturated carbocycles. The van der Waals surface area contributed by atoms with E-state index < -0.39 is 5.60 Å². The van der Waals surface area contributed by atoms with Crippen molar-refractivity contribution in [1.29, 1.82) is 0 Å². The molecule has 2 fully saturated rings. The van der Waals surface area contributed by atoms with Crippen LogP contribution in [0.1, 0.15) is 24.0 Å². The second kappa shape index (κ2) is 6.13. The van der Waals surface area contributed by atoms with Gasteiger partial charge >= 0.3 is 0 Å². The van der Waals surface area contributed by atoms with Gasteiger partial charge in [-0.1, -0.05) is 18.2 Å². The van der Waals surface area contributed by atoms with Crippen molar-refractivity contribution in [3.8, 4) is 5.75 Å². The maximum absolute atomic E-state index is 12.2. The third kappa shape index (κ3) is 3.21. The lowest BCUT2D eigenvalue weighted by Gasteiger charge is -2.45. The summed E-state index contributed by atoms with van der Waals surface area (Å²) in [7, 11) is 1.76. The van der Waals surface area contributed by atoms with Gasteiger partial charge < -0.3 is 14.7 Å². The Morgan fingerprint density at radius 3 is 2.61 bits per heavy atom. The summed E-state index contributed by atoms with van der Waals surface area (Å²) in [6.07, 6.45) is 1.54. The molecule has 0 aliphatic carbocycles. The van der Waals surface area contributed by atoms with Crippen molar-refractivity contribution in [2.75, 3.05) is 33.2 Å². The van der Waals surface area contributed by atoms with E-state index in [4.69, 9.17) is 4.74 Å². The van der Waals surface area contributed by atoms with E-state index in [1.165, 1.54) is 0 Å². The van der Waals surface area contributed by atoms with Gasteiger partial charge in [-0.3, -0.25) is 9.69 Å². The number of amides is 1. The summed E-state index contributed by atoms with van der Waals surface area (Å²) < 4.78 is 6.09. The Morgan fingerprint density at radius 1 is 1.30 bits per heavy atom. The molecule has 0 bridgehead atoms. The minimum Gasteiger partial charge on any atom is -0.487 e. The monoisotopic (exact) mass is 318 g/mol. The first-order valence-corrected chi connectivity index (χ1v) is 8.32. The number of rotatable bonds is 4. The van der Waals surface area contributed by atoms with Crippen molar-refractivity contribution in [3.05, 3.63) is 29.3 Å². The van der Waals surface area contributed by atoms with Crippen LogP contribution in [-0.2, 0) is 4.79 Å². The molecular formula is C18H26N2O3. The van der Waals surface area contributed by atoms with Crippen LogP contribution in [0.5, 0.6) is 5.75 Å². The smallest absolute Gasteiger partial charge is 0.255 e. The zero-order chi connectivity index (χ0) is 16.6. The van der Waals surface area contributed by atoms with E-state index in [0.29, 0.717) is 13.0 Å². The van der Waals surface area contributed by atoms with Gasteiger partial charge in [0.25, 0.3) is 5.91 Å². The SMILES string of the molecule is Cc1cccc(C)c1OC1CN(CC2(O)CCCN(C)C2=O)C1. The molecule has 3 rings (SSSR count). The molecule has 0 aromatic heterocycles. The fourth-order valence-corrected chi connectivity index (χ4v) is 3.57. The molecule has 126 valence electrons. The first kappa shape index (κ1) is 16.3. The van der Waals surface area contributed by atoms with Crippen LogP contribution in [-0.4, -0.2) is 65.7 Å². The highest BCUT2D eigenvalue weighted by molar-refractivity contribution is 5.85. The number of β-amino-alcohol motifs (C(OH)–C–C–N with tert-alkyl or cyclic N) is 1. The molecular weight excluding hydrogens is 292 g/mol. The van der Waals surface area contributed by atoms with Crippen LogP contribution >= 0.6 is 0 Å². The molecule has 1 atom stereocenters. The zero-order valence-electron chi connectivity index (χ0n) is 14.2. The largest absolute Gasteiger partial charge is 0.487 e. The maximum Gasteiger partial charge on any atom is 0.255 e. The van der Waals surface area contributed by atoms with Crippen LogP contribution in [0.4, 0.5) is 0 Å². The van der Waals surface area contributed by atoms with Gasteiger partial charge in [0, 0.05) is 33.2 Å². The number of aryl methyl sites for hydroxylation is 2. The van der Waals surface area contributed by atoms with Gasteiger partial charge in [-0.2, -0.15) is 0 Å². The number of para-hydroxylation sites is 1. The standard InChI is InChI=1S/C18H26N2O3/c1-13-6-4-7-14(2)16(13)23-15-10-20(11-15)12-18(22)8-5-9-19(3)17(18)21/h4,6-7,15,22H,5,8-12H2,1-3H3. The summed E-state index contributed by atoms with van der Waals surface area (Å²) in [5.74, 6) is 0.812. The summed E-state index contributed by atoms with van der Waals surface area (Å²) in [5.41, 5.74) is 1.06. The molecule has 1 amide bonds. The Balaban J connectivity index is 1.54. The van der Waals surface area contributed by atoms with Crippen molar-refractivity contribution in [2.24, 2.45) is 0 Å². The van der Waals surface area contributed by atoms with E-state index in [9.17, 15) is 9.90 Å². The molecule has 0 spiro atoms. The quantitative estimate of drug-likeness (QED) is 0.910. The minimum atomic E-state index is -1.23. The predicted octanol–water partition coefficient (Wildman–Crippen LogP) is 1.35. The lowest BCUT2D eigenvalue weighted by Crippen LogP contribution is -2.63. The number of hydrogen-bond donors (Lipinski definition) is 1. The number of likely N-dealkylation sites (tertiary alicyclic amines) is 2. The topological polar surface area (TPSA) is 53.0 Å². The van der Waals surface area contributed by atoms with Gasteiger partial charge in [0.15, 0.2) is 5.60 Å². The summed E-state index contributed by atoms with van der Waals surface area (Å²) in [5, 5.41) is 10.6. The Morgan fingerprint density at radius 2 is 1.96 bits per heavy atom. The molecule has 0 radical (unpaired) electrons. The van der Waals surface area contributed by atoms with E-state index in [0.717, 1.165) is 42.9 Å². The summed E-state index contributed by atoms with van der Waals surface area (Å²) >= 11 is 0. The van der Waals surface area contributed by atoms with E-state index in [-0.39, 0.29) is 12.0 Å². The Labute approximate surface area is 137 Å². The van der Waals surface area contributed by atoms with Gasteiger partial charge in [0.1, 0.15) is 11.9 Å². The molecule has 23 heavy (non-hydrogen) atoms. The Hall–Kier alpha value is -1.59. The van der Waals surface area contributed by atoms with Crippen molar-refractivity contribution in [3.63, 3.8) is 0 Å². The second-order valence-corrected chi connectivity index (χ2v) is 7.02. The summed E-state index contributed by atoms with van der Waals surface area (Å²) in [6.45, 7) is 6.76. The predicted molar refractivity (Wildman–Crippen MR) is 88.6 cm³/mol. The highest BCUT2D eigenvalue weighted by Gasteiger charge is 2.44. The molecule has 1 N–H and O–H groups in total. The van der Waals surface area contributed by atoms with Crippen LogP contribution in [0, 0.1) is 13.8 Å². The Kier molecular flexibility index (Phi) is 4.34. The first-order chi connectivity index (χ1) is 10.9. The normalized spacial score (nSPS) is 26.3. The fourth-order valence-electron chi connectivity index (χ4n) is 3.57. The van der Waals surface area contributed by atoms with Crippen molar-refractivity contribution in [1.82, 2.24) is 9.80 Å². The van der Waals surface area contributed by atoms with E-state index in [1.807, 2.05) is 6.07 Å². The number of benzene rings is 1. The molecule has 5 nitrogen and oxygen atoms in total. The van der Waals surface area contributed by atoms with Crippen molar-refractivity contribution >= 4 is 5.91 Å². The van der Waals surface area contributed by atoms with Crippen molar-refractivity contribution in [2.45, 2.75) is 38.4 Å². The molecule has 1 aromatic carbocycles. The molecule has 2 aliphatic rings. The van der Waals surface area contributed by atoms with Gasteiger partial charge in [-0.25, -0.2) is 0 Å². The number of aliphatic hydroxyl groups is 1. The third-order valence-corrected chi connectivity index (χ3v) is 4.93. The molecule has 2 saturated heterocycles. The summed E-state index contributed by atoms with van der Waals surface area (Å²) in [6, 6.07) is 6.14. The third-order valence-electron chi connectivity index (χ3n) is 4.93. The number of hydrogen-bond acceptors (Lipinski definition) is 4. The highest BCUT2D eigenvalue weighted by Crippen LogP contribution is 2.28. The van der Waals surface area contributed by atoms with Crippen LogP contribution in [0.15, 0.2) is 18.2 Å². The second-order valence-electron chi connectivity index (χ2n) is 7.02. The number of piperidine rings is 1.